The smallest absolute Gasteiger partial charge is 0.266 e. The summed E-state index contributed by atoms with van der Waals surface area (Å²) < 4.78 is 6.71. The van der Waals surface area contributed by atoms with Gasteiger partial charge in [-0.15, -0.1) is 0 Å². The molecule has 0 unspecified atom stereocenters. The number of ether oxygens (including phenoxy) is 1. The second kappa shape index (κ2) is 6.82. The van der Waals surface area contributed by atoms with E-state index < -0.39 is 0 Å². The van der Waals surface area contributed by atoms with Gasteiger partial charge in [-0.05, 0) is 44.8 Å². The van der Waals surface area contributed by atoms with Gasteiger partial charge in [-0.3, -0.25) is 4.79 Å². The summed E-state index contributed by atoms with van der Waals surface area (Å²) in [6.45, 7) is 6.65. The lowest BCUT2D eigenvalue weighted by Crippen LogP contribution is -2.38. The fraction of sp³-hybridized carbons (Fsp3) is 0.714. The fourth-order valence-corrected chi connectivity index (χ4v) is 2.54. The standard InChI is InChI=1S/C14H23N3O2/c1-12-3-4-14(18)17(15-12)11-13-5-7-16(8-6-13)9-10-19-2/h3-4,13H,5-11H2,1-2H3. The van der Waals surface area contributed by atoms with Crippen molar-refractivity contribution in [2.45, 2.75) is 26.3 Å². The van der Waals surface area contributed by atoms with Crippen LogP contribution in [-0.4, -0.2) is 48.0 Å². The minimum Gasteiger partial charge on any atom is -0.383 e. The van der Waals surface area contributed by atoms with Gasteiger partial charge in [0.15, 0.2) is 0 Å². The molecule has 0 atom stereocenters. The van der Waals surface area contributed by atoms with E-state index >= 15 is 0 Å². The average molecular weight is 265 g/mol. The number of aromatic nitrogens is 2. The molecule has 0 aromatic carbocycles. The van der Waals surface area contributed by atoms with Crippen molar-refractivity contribution in [3.8, 4) is 0 Å². The van der Waals surface area contributed by atoms with E-state index in [1.54, 1.807) is 23.9 Å². The summed E-state index contributed by atoms with van der Waals surface area (Å²) in [4.78, 5) is 14.1. The van der Waals surface area contributed by atoms with Gasteiger partial charge in [0.25, 0.3) is 5.56 Å². The van der Waals surface area contributed by atoms with Gasteiger partial charge in [-0.25, -0.2) is 4.68 Å². The fourth-order valence-electron chi connectivity index (χ4n) is 2.54. The zero-order valence-electron chi connectivity index (χ0n) is 11.8. The maximum absolute atomic E-state index is 11.7. The maximum Gasteiger partial charge on any atom is 0.266 e. The van der Waals surface area contributed by atoms with Gasteiger partial charge in [-0.1, -0.05) is 0 Å². The van der Waals surface area contributed by atoms with Crippen molar-refractivity contribution in [3.05, 3.63) is 28.2 Å². The van der Waals surface area contributed by atoms with Crippen LogP contribution < -0.4 is 5.56 Å². The summed E-state index contributed by atoms with van der Waals surface area (Å²) in [6, 6.07) is 3.38. The quantitative estimate of drug-likeness (QED) is 0.794. The highest BCUT2D eigenvalue weighted by molar-refractivity contribution is 4.97. The predicted molar refractivity (Wildman–Crippen MR) is 74.3 cm³/mol. The summed E-state index contributed by atoms with van der Waals surface area (Å²) in [7, 11) is 1.74. The number of nitrogens with zero attached hydrogens (tertiary/aromatic N) is 3. The Hall–Kier alpha value is -1.20. The van der Waals surface area contributed by atoms with E-state index in [0.29, 0.717) is 5.92 Å². The first-order valence-corrected chi connectivity index (χ1v) is 6.95. The molecule has 19 heavy (non-hydrogen) atoms. The molecule has 0 bridgehead atoms. The Kier molecular flexibility index (Phi) is 5.10. The number of rotatable bonds is 5. The molecule has 2 rings (SSSR count). The molecular formula is C14H23N3O2. The summed E-state index contributed by atoms with van der Waals surface area (Å²) in [5.41, 5.74) is 0.907. The van der Waals surface area contributed by atoms with Gasteiger partial charge in [0.05, 0.1) is 12.3 Å². The topological polar surface area (TPSA) is 47.4 Å². The minimum atomic E-state index is 0.00686. The average Bonchev–Trinajstić information content (AvgIpc) is 2.42. The van der Waals surface area contributed by atoms with Crippen LogP contribution in [0.25, 0.3) is 0 Å². The third kappa shape index (κ3) is 4.14. The molecule has 0 N–H and O–H groups in total. The molecule has 2 heterocycles. The Morgan fingerprint density at radius 2 is 2.11 bits per heavy atom. The second-order valence-corrected chi connectivity index (χ2v) is 5.27. The first-order chi connectivity index (χ1) is 9.19. The number of methoxy groups -OCH3 is 1. The molecule has 0 aliphatic carbocycles. The normalized spacial score (nSPS) is 17.8. The molecule has 5 nitrogen and oxygen atoms in total. The number of likely N-dealkylation sites (tertiary alicyclic amines) is 1. The van der Waals surface area contributed by atoms with E-state index in [0.717, 1.165) is 51.3 Å². The van der Waals surface area contributed by atoms with Crippen molar-refractivity contribution in [1.82, 2.24) is 14.7 Å². The van der Waals surface area contributed by atoms with E-state index in [2.05, 4.69) is 10.00 Å². The molecule has 5 heteroatoms. The van der Waals surface area contributed by atoms with Crippen LogP contribution in [0.4, 0.5) is 0 Å². The molecular weight excluding hydrogens is 242 g/mol. The number of hydrogen-bond donors (Lipinski definition) is 0. The molecule has 1 saturated heterocycles. The van der Waals surface area contributed by atoms with Crippen molar-refractivity contribution < 1.29 is 4.74 Å². The van der Waals surface area contributed by atoms with Crippen molar-refractivity contribution in [1.29, 1.82) is 0 Å². The molecule has 1 aliphatic heterocycles. The van der Waals surface area contributed by atoms with Crippen LogP contribution in [0.15, 0.2) is 16.9 Å². The molecule has 1 aliphatic rings. The number of hydrogen-bond acceptors (Lipinski definition) is 4. The highest BCUT2D eigenvalue weighted by Gasteiger charge is 2.19. The summed E-state index contributed by atoms with van der Waals surface area (Å²) >= 11 is 0. The van der Waals surface area contributed by atoms with Crippen LogP contribution in [0.1, 0.15) is 18.5 Å². The predicted octanol–water partition coefficient (Wildman–Crippen LogP) is 0.910. The van der Waals surface area contributed by atoms with E-state index in [4.69, 9.17) is 4.74 Å². The van der Waals surface area contributed by atoms with Crippen LogP contribution in [0.3, 0.4) is 0 Å². The number of aryl methyl sites for hydroxylation is 1. The third-order valence-corrected chi connectivity index (χ3v) is 3.75. The van der Waals surface area contributed by atoms with Crippen molar-refractivity contribution >= 4 is 0 Å². The van der Waals surface area contributed by atoms with Gasteiger partial charge in [0, 0.05) is 26.3 Å². The van der Waals surface area contributed by atoms with Crippen molar-refractivity contribution in [2.75, 3.05) is 33.4 Å². The van der Waals surface area contributed by atoms with Crippen LogP contribution in [0, 0.1) is 12.8 Å². The lowest BCUT2D eigenvalue weighted by atomic mass is 9.97. The molecule has 1 aromatic heterocycles. The second-order valence-electron chi connectivity index (χ2n) is 5.27. The zero-order valence-corrected chi connectivity index (χ0v) is 11.8. The van der Waals surface area contributed by atoms with Gasteiger partial charge in [0.1, 0.15) is 0 Å². The molecule has 1 aromatic rings. The number of piperidine rings is 1. The molecule has 0 spiro atoms. The first kappa shape index (κ1) is 14.2. The molecule has 0 amide bonds. The Bertz CT molecular complexity index is 450. The van der Waals surface area contributed by atoms with Crippen LogP contribution in [-0.2, 0) is 11.3 Å². The molecule has 106 valence electrons. The summed E-state index contributed by atoms with van der Waals surface area (Å²) in [5, 5.41) is 4.31. The van der Waals surface area contributed by atoms with Crippen molar-refractivity contribution in [2.24, 2.45) is 5.92 Å². The van der Waals surface area contributed by atoms with E-state index in [1.165, 1.54) is 0 Å². The van der Waals surface area contributed by atoms with Gasteiger partial charge >= 0.3 is 0 Å². The first-order valence-electron chi connectivity index (χ1n) is 6.95. The monoisotopic (exact) mass is 265 g/mol. The Morgan fingerprint density at radius 1 is 1.37 bits per heavy atom. The lowest BCUT2D eigenvalue weighted by molar-refractivity contribution is 0.115. The highest BCUT2D eigenvalue weighted by atomic mass is 16.5. The third-order valence-electron chi connectivity index (χ3n) is 3.75. The van der Waals surface area contributed by atoms with Crippen LogP contribution in [0.5, 0.6) is 0 Å². The van der Waals surface area contributed by atoms with E-state index in [-0.39, 0.29) is 5.56 Å². The SMILES string of the molecule is COCCN1CCC(Cn2nc(C)ccc2=O)CC1. The Morgan fingerprint density at radius 3 is 2.79 bits per heavy atom. The van der Waals surface area contributed by atoms with Crippen LogP contribution in [0.2, 0.25) is 0 Å². The van der Waals surface area contributed by atoms with Gasteiger partial charge in [-0.2, -0.15) is 5.10 Å². The van der Waals surface area contributed by atoms with Crippen LogP contribution >= 0.6 is 0 Å². The minimum absolute atomic E-state index is 0.00686. The Labute approximate surface area is 114 Å². The summed E-state index contributed by atoms with van der Waals surface area (Å²) in [6.07, 6.45) is 2.26. The Balaban J connectivity index is 1.85. The molecule has 0 radical (unpaired) electrons. The van der Waals surface area contributed by atoms with E-state index in [1.807, 2.05) is 6.92 Å². The maximum atomic E-state index is 11.7. The molecule has 1 fully saturated rings. The zero-order chi connectivity index (χ0) is 13.7. The van der Waals surface area contributed by atoms with E-state index in [9.17, 15) is 4.79 Å². The highest BCUT2D eigenvalue weighted by Crippen LogP contribution is 2.18. The summed E-state index contributed by atoms with van der Waals surface area (Å²) in [5.74, 6) is 0.561. The van der Waals surface area contributed by atoms with Gasteiger partial charge < -0.3 is 9.64 Å². The van der Waals surface area contributed by atoms with Gasteiger partial charge in [0.2, 0.25) is 0 Å². The molecule has 0 saturated carbocycles. The largest absolute Gasteiger partial charge is 0.383 e. The lowest BCUT2D eigenvalue weighted by Gasteiger charge is -2.31. The van der Waals surface area contributed by atoms with Crippen molar-refractivity contribution in [3.63, 3.8) is 0 Å².